The summed E-state index contributed by atoms with van der Waals surface area (Å²) in [6.07, 6.45) is 3.54. The number of nitrogens with zero attached hydrogens (tertiary/aromatic N) is 2. The van der Waals surface area contributed by atoms with Gasteiger partial charge in [-0.15, -0.1) is 0 Å². The van der Waals surface area contributed by atoms with Crippen molar-refractivity contribution in [3.63, 3.8) is 0 Å². The van der Waals surface area contributed by atoms with Crippen LogP contribution in [-0.2, 0) is 21.4 Å². The number of hydrogen-bond acceptors (Lipinski definition) is 4. The lowest BCUT2D eigenvalue weighted by molar-refractivity contribution is -0.119. The first-order valence-electron chi connectivity index (χ1n) is 9.58. The minimum atomic E-state index is -3.62. The van der Waals surface area contributed by atoms with Gasteiger partial charge >= 0.3 is 0 Å². The fourth-order valence-electron chi connectivity index (χ4n) is 3.47. The Balaban J connectivity index is 1.63. The monoisotopic (exact) mass is 435 g/mol. The lowest BCUT2D eigenvalue weighted by Crippen LogP contribution is -2.40. The predicted octanol–water partition coefficient (Wildman–Crippen LogP) is 3.33. The third kappa shape index (κ3) is 5.64. The van der Waals surface area contributed by atoms with E-state index >= 15 is 0 Å². The molecule has 0 aliphatic carbocycles. The molecule has 0 spiro atoms. The lowest BCUT2D eigenvalue weighted by atomic mass is 10.2. The molecule has 0 aromatic heterocycles. The van der Waals surface area contributed by atoms with Gasteiger partial charge in [-0.2, -0.15) is 0 Å². The first-order chi connectivity index (χ1) is 13.7. The van der Waals surface area contributed by atoms with Gasteiger partial charge in [0, 0.05) is 30.3 Å². The van der Waals surface area contributed by atoms with Crippen LogP contribution in [0.1, 0.15) is 24.0 Å². The Kier molecular flexibility index (Phi) is 6.70. The Hall–Kier alpha value is -2.25. The van der Waals surface area contributed by atoms with Crippen molar-refractivity contribution in [3.05, 3.63) is 58.6 Å². The zero-order chi connectivity index (χ0) is 21.0. The average molecular weight is 436 g/mol. The molecule has 8 heteroatoms. The second kappa shape index (κ2) is 9.05. The average Bonchev–Trinajstić information content (AvgIpc) is 3.19. The largest absolute Gasteiger partial charge is 0.372 e. The quantitative estimate of drug-likeness (QED) is 0.724. The van der Waals surface area contributed by atoms with E-state index in [0.717, 1.165) is 29.2 Å². The summed E-state index contributed by atoms with van der Waals surface area (Å²) in [6, 6.07) is 13.0. The summed E-state index contributed by atoms with van der Waals surface area (Å²) < 4.78 is 25.6. The number of nitrogens with one attached hydrogen (secondary N) is 1. The summed E-state index contributed by atoms with van der Waals surface area (Å²) in [5.41, 5.74) is 3.30. The molecule has 1 fully saturated rings. The van der Waals surface area contributed by atoms with Crippen molar-refractivity contribution in [1.82, 2.24) is 5.32 Å². The second-order valence-electron chi connectivity index (χ2n) is 7.34. The molecule has 29 heavy (non-hydrogen) atoms. The van der Waals surface area contributed by atoms with Crippen LogP contribution in [0, 0.1) is 6.92 Å². The van der Waals surface area contributed by atoms with E-state index in [9.17, 15) is 13.2 Å². The van der Waals surface area contributed by atoms with Crippen molar-refractivity contribution in [3.8, 4) is 0 Å². The molecule has 1 N–H and O–H groups in total. The Bertz CT molecular complexity index is 971. The van der Waals surface area contributed by atoms with Gasteiger partial charge in [0.25, 0.3) is 0 Å². The van der Waals surface area contributed by atoms with E-state index < -0.39 is 10.0 Å². The maximum Gasteiger partial charge on any atom is 0.241 e. The molecule has 0 radical (unpaired) electrons. The summed E-state index contributed by atoms with van der Waals surface area (Å²) in [4.78, 5) is 14.8. The van der Waals surface area contributed by atoms with Crippen molar-refractivity contribution in [2.75, 3.05) is 35.1 Å². The summed E-state index contributed by atoms with van der Waals surface area (Å²) >= 11 is 5.96. The number of amides is 1. The standard InChI is InChI=1S/C21H26ClN3O3S/c1-16-13-18(22)7-10-20(16)25(29(2,27)28)15-21(26)23-14-17-5-8-19(9-6-17)24-11-3-4-12-24/h5-10,13H,3-4,11-12,14-15H2,1-2H3,(H,23,26). The SMILES string of the molecule is Cc1cc(Cl)ccc1N(CC(=O)NCc1ccc(N2CCCC2)cc1)S(C)(=O)=O. The van der Waals surface area contributed by atoms with E-state index in [4.69, 9.17) is 11.6 Å². The summed E-state index contributed by atoms with van der Waals surface area (Å²) in [5, 5.41) is 3.32. The fourth-order valence-corrected chi connectivity index (χ4v) is 4.61. The maximum atomic E-state index is 12.4. The van der Waals surface area contributed by atoms with E-state index in [1.807, 2.05) is 12.1 Å². The fraction of sp³-hybridized carbons (Fsp3) is 0.381. The van der Waals surface area contributed by atoms with E-state index in [-0.39, 0.29) is 12.5 Å². The molecule has 1 amide bonds. The molecule has 0 atom stereocenters. The van der Waals surface area contributed by atoms with Crippen molar-refractivity contribution >= 4 is 38.9 Å². The van der Waals surface area contributed by atoms with Gasteiger partial charge in [-0.3, -0.25) is 9.10 Å². The van der Waals surface area contributed by atoms with Crippen LogP contribution in [-0.4, -0.2) is 40.2 Å². The Morgan fingerprint density at radius 2 is 1.79 bits per heavy atom. The third-order valence-corrected chi connectivity index (χ3v) is 6.37. The van der Waals surface area contributed by atoms with E-state index in [1.165, 1.54) is 18.5 Å². The number of hydrogen-bond donors (Lipinski definition) is 1. The Morgan fingerprint density at radius 3 is 2.38 bits per heavy atom. The van der Waals surface area contributed by atoms with Crippen LogP contribution in [0.25, 0.3) is 0 Å². The predicted molar refractivity (Wildman–Crippen MR) is 118 cm³/mol. The number of carbonyl (C=O) groups is 1. The lowest BCUT2D eigenvalue weighted by Gasteiger charge is -2.23. The van der Waals surface area contributed by atoms with Gasteiger partial charge in [0.1, 0.15) is 6.54 Å². The van der Waals surface area contributed by atoms with E-state index in [0.29, 0.717) is 22.8 Å². The topological polar surface area (TPSA) is 69.7 Å². The molecule has 6 nitrogen and oxygen atoms in total. The minimum Gasteiger partial charge on any atom is -0.372 e. The maximum absolute atomic E-state index is 12.4. The number of rotatable bonds is 7. The Labute approximate surface area is 177 Å². The highest BCUT2D eigenvalue weighted by atomic mass is 35.5. The first kappa shape index (κ1) is 21.5. The van der Waals surface area contributed by atoms with Crippen molar-refractivity contribution < 1.29 is 13.2 Å². The second-order valence-corrected chi connectivity index (χ2v) is 9.68. The molecule has 1 saturated heterocycles. The van der Waals surface area contributed by atoms with Crippen molar-refractivity contribution in [2.45, 2.75) is 26.3 Å². The van der Waals surface area contributed by atoms with Crippen LogP contribution in [0.15, 0.2) is 42.5 Å². The zero-order valence-corrected chi connectivity index (χ0v) is 18.3. The molecule has 0 saturated carbocycles. The summed E-state index contributed by atoms with van der Waals surface area (Å²) in [7, 11) is -3.62. The van der Waals surface area contributed by atoms with Gasteiger partial charge in [0.2, 0.25) is 15.9 Å². The highest BCUT2D eigenvalue weighted by Crippen LogP contribution is 2.25. The molecular formula is C21H26ClN3O3S. The van der Waals surface area contributed by atoms with Crippen molar-refractivity contribution in [1.29, 1.82) is 0 Å². The van der Waals surface area contributed by atoms with Gasteiger partial charge in [-0.1, -0.05) is 23.7 Å². The van der Waals surface area contributed by atoms with Crippen LogP contribution < -0.4 is 14.5 Å². The number of anilines is 2. The van der Waals surface area contributed by atoms with Crippen LogP contribution >= 0.6 is 11.6 Å². The molecule has 0 bridgehead atoms. The van der Waals surface area contributed by atoms with Gasteiger partial charge in [0.05, 0.1) is 11.9 Å². The highest BCUT2D eigenvalue weighted by Gasteiger charge is 2.22. The van der Waals surface area contributed by atoms with E-state index in [1.54, 1.807) is 25.1 Å². The van der Waals surface area contributed by atoms with Gasteiger partial charge in [-0.05, 0) is 61.2 Å². The molecule has 2 aromatic rings. The number of carbonyl (C=O) groups excluding carboxylic acids is 1. The van der Waals surface area contributed by atoms with Crippen LogP contribution in [0.4, 0.5) is 11.4 Å². The van der Waals surface area contributed by atoms with Crippen LogP contribution in [0.2, 0.25) is 5.02 Å². The van der Waals surface area contributed by atoms with Crippen LogP contribution in [0.5, 0.6) is 0 Å². The summed E-state index contributed by atoms with van der Waals surface area (Å²) in [5.74, 6) is -0.367. The number of halogens is 1. The van der Waals surface area contributed by atoms with Crippen molar-refractivity contribution in [2.24, 2.45) is 0 Å². The molecular weight excluding hydrogens is 410 g/mol. The third-order valence-electron chi connectivity index (χ3n) is 5.01. The smallest absolute Gasteiger partial charge is 0.241 e. The number of benzene rings is 2. The summed E-state index contributed by atoms with van der Waals surface area (Å²) in [6.45, 7) is 3.99. The molecule has 156 valence electrons. The Morgan fingerprint density at radius 1 is 1.14 bits per heavy atom. The molecule has 3 rings (SSSR count). The minimum absolute atomic E-state index is 0.285. The molecule has 1 heterocycles. The molecule has 1 aliphatic rings. The van der Waals surface area contributed by atoms with Gasteiger partial charge in [0.15, 0.2) is 0 Å². The molecule has 2 aromatic carbocycles. The zero-order valence-electron chi connectivity index (χ0n) is 16.7. The van der Waals surface area contributed by atoms with E-state index in [2.05, 4.69) is 22.3 Å². The molecule has 1 aliphatic heterocycles. The number of aryl methyl sites for hydroxylation is 1. The van der Waals surface area contributed by atoms with Crippen LogP contribution in [0.3, 0.4) is 0 Å². The first-order valence-corrected chi connectivity index (χ1v) is 11.8. The van der Waals surface area contributed by atoms with Gasteiger partial charge in [-0.25, -0.2) is 8.42 Å². The molecule has 0 unspecified atom stereocenters. The van der Waals surface area contributed by atoms with Gasteiger partial charge < -0.3 is 10.2 Å². The normalized spacial score (nSPS) is 14.1. The number of sulfonamides is 1. The highest BCUT2D eigenvalue weighted by molar-refractivity contribution is 7.92.